The van der Waals surface area contributed by atoms with Crippen molar-refractivity contribution < 1.29 is 9.53 Å². The van der Waals surface area contributed by atoms with Crippen molar-refractivity contribution in [2.24, 2.45) is 5.92 Å². The van der Waals surface area contributed by atoms with Crippen LogP contribution in [0.25, 0.3) is 0 Å². The third kappa shape index (κ3) is 4.88. The minimum absolute atomic E-state index is 0.0230. The minimum Gasteiger partial charge on any atom is -0.494 e. The predicted octanol–water partition coefficient (Wildman–Crippen LogP) is 3.36. The van der Waals surface area contributed by atoms with E-state index in [0.717, 1.165) is 11.4 Å². The number of benzene rings is 1. The van der Waals surface area contributed by atoms with E-state index in [9.17, 15) is 4.79 Å². The second-order valence-corrected chi connectivity index (χ2v) is 5.34. The molecule has 1 aromatic carbocycles. The van der Waals surface area contributed by atoms with E-state index in [1.54, 1.807) is 6.20 Å². The van der Waals surface area contributed by atoms with Crippen molar-refractivity contribution in [1.29, 1.82) is 0 Å². The van der Waals surface area contributed by atoms with E-state index in [-0.39, 0.29) is 17.9 Å². The van der Waals surface area contributed by atoms with Gasteiger partial charge in [0.15, 0.2) is 0 Å². The molecular weight excluding hydrogens is 276 g/mol. The summed E-state index contributed by atoms with van der Waals surface area (Å²) < 4.78 is 5.62. The van der Waals surface area contributed by atoms with E-state index in [4.69, 9.17) is 4.74 Å². The Bertz CT molecular complexity index is 572. The van der Waals surface area contributed by atoms with E-state index in [1.807, 2.05) is 62.4 Å². The lowest BCUT2D eigenvalue weighted by Gasteiger charge is -2.17. The van der Waals surface area contributed by atoms with Gasteiger partial charge in [-0.3, -0.25) is 9.78 Å². The van der Waals surface area contributed by atoms with Gasteiger partial charge in [-0.15, -0.1) is 0 Å². The molecule has 0 aliphatic carbocycles. The molecule has 1 aromatic heterocycles. The molecule has 2 aromatic rings. The molecule has 4 heteroatoms. The summed E-state index contributed by atoms with van der Waals surface area (Å²) in [5, 5.41) is 2.99. The Morgan fingerprint density at radius 1 is 1.14 bits per heavy atom. The molecule has 0 saturated carbocycles. The average molecular weight is 298 g/mol. The first-order chi connectivity index (χ1) is 10.7. The topological polar surface area (TPSA) is 51.2 Å². The molecule has 116 valence electrons. The molecule has 0 aliphatic rings. The van der Waals surface area contributed by atoms with Crippen molar-refractivity contribution in [1.82, 2.24) is 10.3 Å². The Balaban J connectivity index is 1.75. The molecule has 2 rings (SSSR count). The molecule has 2 atom stereocenters. The molecule has 0 unspecified atom stereocenters. The normalized spacial score (nSPS) is 13.2. The summed E-state index contributed by atoms with van der Waals surface area (Å²) >= 11 is 0. The van der Waals surface area contributed by atoms with Gasteiger partial charge in [0.1, 0.15) is 5.75 Å². The molecule has 1 heterocycles. The van der Waals surface area contributed by atoms with Crippen LogP contribution in [0, 0.1) is 5.92 Å². The van der Waals surface area contributed by atoms with Gasteiger partial charge in [-0.25, -0.2) is 0 Å². The number of hydrogen-bond acceptors (Lipinski definition) is 3. The summed E-state index contributed by atoms with van der Waals surface area (Å²) in [5.41, 5.74) is 0.864. The van der Waals surface area contributed by atoms with Gasteiger partial charge in [-0.2, -0.15) is 0 Å². The SMILES string of the molecule is C[C@H](NC(=O)[C@@H](C)CCOc1ccccc1)c1ccccn1. The van der Waals surface area contributed by atoms with E-state index >= 15 is 0 Å². The van der Waals surface area contributed by atoms with E-state index in [0.29, 0.717) is 13.0 Å². The summed E-state index contributed by atoms with van der Waals surface area (Å²) in [7, 11) is 0. The number of rotatable bonds is 7. The molecular formula is C18H22N2O2. The number of hydrogen-bond donors (Lipinski definition) is 1. The van der Waals surface area contributed by atoms with E-state index < -0.39 is 0 Å². The van der Waals surface area contributed by atoms with E-state index in [1.165, 1.54) is 0 Å². The smallest absolute Gasteiger partial charge is 0.223 e. The van der Waals surface area contributed by atoms with Gasteiger partial charge in [-0.1, -0.05) is 31.2 Å². The average Bonchev–Trinajstić information content (AvgIpc) is 2.56. The van der Waals surface area contributed by atoms with Gasteiger partial charge in [0, 0.05) is 12.1 Å². The van der Waals surface area contributed by atoms with Crippen molar-refractivity contribution in [3.8, 4) is 5.75 Å². The van der Waals surface area contributed by atoms with Crippen molar-refractivity contribution in [3.05, 3.63) is 60.4 Å². The number of aromatic nitrogens is 1. The molecule has 0 aliphatic heterocycles. The predicted molar refractivity (Wildman–Crippen MR) is 86.5 cm³/mol. The maximum absolute atomic E-state index is 12.2. The fourth-order valence-corrected chi connectivity index (χ4v) is 2.06. The third-order valence-electron chi connectivity index (χ3n) is 3.50. The lowest BCUT2D eigenvalue weighted by atomic mass is 10.1. The summed E-state index contributed by atoms with van der Waals surface area (Å²) in [6.45, 7) is 4.37. The zero-order valence-electron chi connectivity index (χ0n) is 13.0. The van der Waals surface area contributed by atoms with Crippen molar-refractivity contribution in [2.75, 3.05) is 6.61 Å². The highest BCUT2D eigenvalue weighted by atomic mass is 16.5. The molecule has 4 nitrogen and oxygen atoms in total. The molecule has 0 fully saturated rings. The monoisotopic (exact) mass is 298 g/mol. The highest BCUT2D eigenvalue weighted by Crippen LogP contribution is 2.13. The van der Waals surface area contributed by atoms with Crippen LogP contribution in [0.2, 0.25) is 0 Å². The first kappa shape index (κ1) is 16.0. The first-order valence-electron chi connectivity index (χ1n) is 7.56. The number of para-hydroxylation sites is 1. The second kappa shape index (κ2) is 8.17. The highest BCUT2D eigenvalue weighted by Gasteiger charge is 2.16. The maximum Gasteiger partial charge on any atom is 0.223 e. The number of pyridine rings is 1. The van der Waals surface area contributed by atoms with Crippen LogP contribution in [0.4, 0.5) is 0 Å². The van der Waals surface area contributed by atoms with Gasteiger partial charge < -0.3 is 10.1 Å². The molecule has 0 spiro atoms. The van der Waals surface area contributed by atoms with Crippen LogP contribution in [-0.2, 0) is 4.79 Å². The Hall–Kier alpha value is -2.36. The number of amides is 1. The van der Waals surface area contributed by atoms with E-state index in [2.05, 4.69) is 10.3 Å². The van der Waals surface area contributed by atoms with Crippen LogP contribution >= 0.6 is 0 Å². The Kier molecular flexibility index (Phi) is 5.95. The van der Waals surface area contributed by atoms with Gasteiger partial charge in [0.25, 0.3) is 0 Å². The molecule has 1 N–H and O–H groups in total. The Morgan fingerprint density at radius 2 is 1.86 bits per heavy atom. The summed E-state index contributed by atoms with van der Waals surface area (Å²) in [6, 6.07) is 15.2. The zero-order chi connectivity index (χ0) is 15.8. The van der Waals surface area contributed by atoms with Crippen molar-refractivity contribution >= 4 is 5.91 Å². The fraction of sp³-hybridized carbons (Fsp3) is 0.333. The van der Waals surface area contributed by atoms with Crippen LogP contribution in [0.5, 0.6) is 5.75 Å². The quantitative estimate of drug-likeness (QED) is 0.852. The van der Waals surface area contributed by atoms with Crippen molar-refractivity contribution in [3.63, 3.8) is 0 Å². The number of carbonyl (C=O) groups excluding carboxylic acids is 1. The Labute approximate surface area is 131 Å². The van der Waals surface area contributed by atoms with Crippen LogP contribution in [-0.4, -0.2) is 17.5 Å². The summed E-state index contributed by atoms with van der Waals surface area (Å²) in [5.74, 6) is 0.752. The standard InChI is InChI=1S/C18H22N2O2/c1-14(11-13-22-16-8-4-3-5-9-16)18(21)20-15(2)17-10-6-7-12-19-17/h3-10,12,14-15H,11,13H2,1-2H3,(H,20,21)/t14-,15-/m0/s1. The van der Waals surface area contributed by atoms with Gasteiger partial charge in [-0.05, 0) is 37.6 Å². The third-order valence-corrected chi connectivity index (χ3v) is 3.50. The molecule has 0 saturated heterocycles. The lowest BCUT2D eigenvalue weighted by molar-refractivity contribution is -0.125. The summed E-state index contributed by atoms with van der Waals surface area (Å²) in [4.78, 5) is 16.4. The lowest BCUT2D eigenvalue weighted by Crippen LogP contribution is -2.32. The van der Waals surface area contributed by atoms with Crippen LogP contribution < -0.4 is 10.1 Å². The van der Waals surface area contributed by atoms with Gasteiger partial charge >= 0.3 is 0 Å². The van der Waals surface area contributed by atoms with Gasteiger partial charge in [0.2, 0.25) is 5.91 Å². The van der Waals surface area contributed by atoms with Crippen LogP contribution in [0.15, 0.2) is 54.7 Å². The number of nitrogens with zero attached hydrogens (tertiary/aromatic N) is 1. The van der Waals surface area contributed by atoms with Crippen LogP contribution in [0.1, 0.15) is 32.0 Å². The number of ether oxygens (including phenoxy) is 1. The maximum atomic E-state index is 12.2. The molecule has 1 amide bonds. The molecule has 0 bridgehead atoms. The number of nitrogens with one attached hydrogen (secondary N) is 1. The molecule has 0 radical (unpaired) electrons. The van der Waals surface area contributed by atoms with Gasteiger partial charge in [0.05, 0.1) is 18.3 Å². The summed E-state index contributed by atoms with van der Waals surface area (Å²) in [6.07, 6.45) is 2.41. The van der Waals surface area contributed by atoms with Crippen molar-refractivity contribution in [2.45, 2.75) is 26.3 Å². The zero-order valence-corrected chi connectivity index (χ0v) is 13.0. The largest absolute Gasteiger partial charge is 0.494 e. The molecule has 22 heavy (non-hydrogen) atoms. The fourth-order valence-electron chi connectivity index (χ4n) is 2.06. The number of carbonyl (C=O) groups is 1. The first-order valence-corrected chi connectivity index (χ1v) is 7.56. The second-order valence-electron chi connectivity index (χ2n) is 5.34. The highest BCUT2D eigenvalue weighted by molar-refractivity contribution is 5.78. The van der Waals surface area contributed by atoms with Crippen LogP contribution in [0.3, 0.4) is 0 Å². The minimum atomic E-state index is -0.102. The Morgan fingerprint density at radius 3 is 2.55 bits per heavy atom.